The summed E-state index contributed by atoms with van der Waals surface area (Å²) < 4.78 is 0. The van der Waals surface area contributed by atoms with E-state index in [-0.39, 0.29) is 0 Å². The number of benzene rings is 1. The Bertz CT molecular complexity index is 609. The lowest BCUT2D eigenvalue weighted by molar-refractivity contribution is 0.752. The predicted octanol–water partition coefficient (Wildman–Crippen LogP) is 2.78. The van der Waals surface area contributed by atoms with Gasteiger partial charge < -0.3 is 10.2 Å². The SMILES string of the molecule is CNc1nc(C)cc(N2CCCc3ccccc3C2)n1. The van der Waals surface area contributed by atoms with E-state index >= 15 is 0 Å². The number of aryl methyl sites for hydroxylation is 2. The van der Waals surface area contributed by atoms with Gasteiger partial charge in [0.15, 0.2) is 0 Å². The predicted molar refractivity (Wildman–Crippen MR) is 82.1 cm³/mol. The summed E-state index contributed by atoms with van der Waals surface area (Å²) in [7, 11) is 1.86. The molecule has 0 saturated carbocycles. The molecular weight excluding hydrogens is 248 g/mol. The van der Waals surface area contributed by atoms with Crippen LogP contribution in [0, 0.1) is 6.92 Å². The average Bonchev–Trinajstić information content (AvgIpc) is 2.68. The molecule has 1 aromatic carbocycles. The first-order valence-corrected chi connectivity index (χ1v) is 7.11. The van der Waals surface area contributed by atoms with Crippen molar-refractivity contribution in [2.24, 2.45) is 0 Å². The molecule has 2 aromatic rings. The highest BCUT2D eigenvalue weighted by molar-refractivity contribution is 5.46. The Morgan fingerprint density at radius 1 is 1.15 bits per heavy atom. The summed E-state index contributed by atoms with van der Waals surface area (Å²) in [4.78, 5) is 11.3. The van der Waals surface area contributed by atoms with Gasteiger partial charge in [-0.25, -0.2) is 4.98 Å². The van der Waals surface area contributed by atoms with Gasteiger partial charge in [0, 0.05) is 31.9 Å². The maximum absolute atomic E-state index is 4.59. The molecule has 0 amide bonds. The van der Waals surface area contributed by atoms with Gasteiger partial charge in [0.1, 0.15) is 5.82 Å². The summed E-state index contributed by atoms with van der Waals surface area (Å²) in [6.07, 6.45) is 2.31. The molecule has 0 bridgehead atoms. The van der Waals surface area contributed by atoms with E-state index in [2.05, 4.69) is 50.5 Å². The van der Waals surface area contributed by atoms with Crippen LogP contribution in [0.4, 0.5) is 11.8 Å². The fourth-order valence-corrected chi connectivity index (χ4v) is 2.72. The highest BCUT2D eigenvalue weighted by Gasteiger charge is 2.16. The minimum Gasteiger partial charge on any atom is -0.357 e. The van der Waals surface area contributed by atoms with Gasteiger partial charge in [0.25, 0.3) is 0 Å². The van der Waals surface area contributed by atoms with Gasteiger partial charge in [0.2, 0.25) is 5.95 Å². The summed E-state index contributed by atoms with van der Waals surface area (Å²) in [6, 6.07) is 10.8. The Morgan fingerprint density at radius 3 is 2.75 bits per heavy atom. The van der Waals surface area contributed by atoms with Crippen molar-refractivity contribution in [2.75, 3.05) is 23.8 Å². The van der Waals surface area contributed by atoms with Crippen LogP contribution in [0.2, 0.25) is 0 Å². The standard InChI is InChI=1S/C16H20N4/c1-12-10-15(19-16(17-2)18-12)20-9-5-8-13-6-3-4-7-14(13)11-20/h3-4,6-7,10H,5,8-9,11H2,1-2H3,(H,17,18,19). The smallest absolute Gasteiger partial charge is 0.224 e. The molecule has 0 atom stereocenters. The van der Waals surface area contributed by atoms with Crippen LogP contribution in [-0.4, -0.2) is 23.6 Å². The van der Waals surface area contributed by atoms with E-state index in [1.807, 2.05) is 14.0 Å². The second kappa shape index (κ2) is 5.49. The number of aromatic nitrogens is 2. The van der Waals surface area contributed by atoms with Crippen molar-refractivity contribution in [1.29, 1.82) is 0 Å². The number of anilines is 2. The summed E-state index contributed by atoms with van der Waals surface area (Å²) in [5.74, 6) is 1.70. The van der Waals surface area contributed by atoms with Crippen LogP contribution in [0.3, 0.4) is 0 Å². The first-order valence-electron chi connectivity index (χ1n) is 7.11. The van der Waals surface area contributed by atoms with Gasteiger partial charge in [-0.15, -0.1) is 0 Å². The molecule has 1 aliphatic heterocycles. The van der Waals surface area contributed by atoms with Crippen molar-refractivity contribution in [3.05, 3.63) is 47.2 Å². The molecule has 4 nitrogen and oxygen atoms in total. The van der Waals surface area contributed by atoms with E-state index < -0.39 is 0 Å². The van der Waals surface area contributed by atoms with Crippen molar-refractivity contribution in [3.63, 3.8) is 0 Å². The Labute approximate surface area is 119 Å². The van der Waals surface area contributed by atoms with Gasteiger partial charge in [-0.05, 0) is 30.9 Å². The molecule has 1 aliphatic rings. The number of fused-ring (bicyclic) bond motifs is 1. The number of nitrogens with zero attached hydrogens (tertiary/aromatic N) is 3. The molecule has 2 heterocycles. The molecule has 0 saturated heterocycles. The zero-order valence-corrected chi connectivity index (χ0v) is 12.1. The largest absolute Gasteiger partial charge is 0.357 e. The third kappa shape index (κ3) is 2.59. The van der Waals surface area contributed by atoms with Crippen molar-refractivity contribution in [2.45, 2.75) is 26.3 Å². The zero-order valence-electron chi connectivity index (χ0n) is 12.1. The monoisotopic (exact) mass is 268 g/mol. The van der Waals surface area contributed by atoms with Crippen LogP contribution in [0.1, 0.15) is 23.2 Å². The molecule has 1 N–H and O–H groups in total. The Kier molecular flexibility index (Phi) is 3.54. The molecule has 0 unspecified atom stereocenters. The van der Waals surface area contributed by atoms with Crippen molar-refractivity contribution in [1.82, 2.24) is 9.97 Å². The lowest BCUT2D eigenvalue weighted by Crippen LogP contribution is -2.24. The average molecular weight is 268 g/mol. The van der Waals surface area contributed by atoms with Crippen molar-refractivity contribution < 1.29 is 0 Å². The number of nitrogens with one attached hydrogen (secondary N) is 1. The third-order valence-corrected chi connectivity index (χ3v) is 3.74. The molecule has 4 heteroatoms. The highest BCUT2D eigenvalue weighted by Crippen LogP contribution is 2.23. The van der Waals surface area contributed by atoms with Gasteiger partial charge in [0.05, 0.1) is 0 Å². The number of hydrogen-bond donors (Lipinski definition) is 1. The minimum absolute atomic E-state index is 0.692. The van der Waals surface area contributed by atoms with E-state index in [0.29, 0.717) is 5.95 Å². The summed E-state index contributed by atoms with van der Waals surface area (Å²) >= 11 is 0. The number of rotatable bonds is 2. The topological polar surface area (TPSA) is 41.1 Å². The molecule has 3 rings (SSSR count). The first kappa shape index (κ1) is 12.9. The minimum atomic E-state index is 0.692. The number of hydrogen-bond acceptors (Lipinski definition) is 4. The molecule has 104 valence electrons. The Balaban J connectivity index is 1.93. The van der Waals surface area contributed by atoms with Crippen LogP contribution < -0.4 is 10.2 Å². The molecule has 20 heavy (non-hydrogen) atoms. The van der Waals surface area contributed by atoms with Gasteiger partial charge >= 0.3 is 0 Å². The normalized spacial score (nSPS) is 14.6. The van der Waals surface area contributed by atoms with E-state index in [1.54, 1.807) is 0 Å². The second-order valence-electron chi connectivity index (χ2n) is 5.23. The molecule has 1 aromatic heterocycles. The molecule has 0 radical (unpaired) electrons. The van der Waals surface area contributed by atoms with Crippen LogP contribution >= 0.6 is 0 Å². The van der Waals surface area contributed by atoms with E-state index in [9.17, 15) is 0 Å². The van der Waals surface area contributed by atoms with Gasteiger partial charge in [-0.1, -0.05) is 24.3 Å². The van der Waals surface area contributed by atoms with E-state index in [4.69, 9.17) is 0 Å². The molecule has 0 spiro atoms. The fourth-order valence-electron chi connectivity index (χ4n) is 2.72. The highest BCUT2D eigenvalue weighted by atomic mass is 15.2. The van der Waals surface area contributed by atoms with E-state index in [1.165, 1.54) is 11.1 Å². The Morgan fingerprint density at radius 2 is 1.95 bits per heavy atom. The summed E-state index contributed by atoms with van der Waals surface area (Å²) in [5.41, 5.74) is 3.87. The fraction of sp³-hybridized carbons (Fsp3) is 0.375. The molecular formula is C16H20N4. The zero-order chi connectivity index (χ0) is 13.9. The van der Waals surface area contributed by atoms with Crippen LogP contribution in [0.25, 0.3) is 0 Å². The Hall–Kier alpha value is -2.10. The van der Waals surface area contributed by atoms with Crippen molar-refractivity contribution >= 4 is 11.8 Å². The van der Waals surface area contributed by atoms with Crippen LogP contribution in [-0.2, 0) is 13.0 Å². The summed E-state index contributed by atoms with van der Waals surface area (Å²) in [6.45, 7) is 3.97. The molecule has 0 aliphatic carbocycles. The van der Waals surface area contributed by atoms with Gasteiger partial charge in [-0.2, -0.15) is 4.98 Å². The quantitative estimate of drug-likeness (QED) is 0.909. The third-order valence-electron chi connectivity index (χ3n) is 3.74. The van der Waals surface area contributed by atoms with E-state index in [0.717, 1.165) is 37.4 Å². The maximum Gasteiger partial charge on any atom is 0.224 e. The lowest BCUT2D eigenvalue weighted by Gasteiger charge is -2.22. The summed E-state index contributed by atoms with van der Waals surface area (Å²) in [5, 5.41) is 3.03. The second-order valence-corrected chi connectivity index (χ2v) is 5.23. The van der Waals surface area contributed by atoms with Gasteiger partial charge in [-0.3, -0.25) is 0 Å². The van der Waals surface area contributed by atoms with Crippen LogP contribution in [0.5, 0.6) is 0 Å². The maximum atomic E-state index is 4.59. The molecule has 0 fully saturated rings. The van der Waals surface area contributed by atoms with Crippen molar-refractivity contribution in [3.8, 4) is 0 Å². The first-order chi connectivity index (χ1) is 9.76. The lowest BCUT2D eigenvalue weighted by atomic mass is 10.0. The van der Waals surface area contributed by atoms with Crippen LogP contribution in [0.15, 0.2) is 30.3 Å².